The van der Waals surface area contributed by atoms with Gasteiger partial charge in [-0.3, -0.25) is 10.00 Å². The Balaban J connectivity index is 1.49. The van der Waals surface area contributed by atoms with E-state index in [-0.39, 0.29) is 23.7 Å². The average molecular weight is 448 g/mol. The summed E-state index contributed by atoms with van der Waals surface area (Å²) in [4.78, 5) is 2.33. The molecule has 3 aromatic carbocycles. The van der Waals surface area contributed by atoms with Gasteiger partial charge in [0.1, 0.15) is 17.5 Å². The van der Waals surface area contributed by atoms with Crippen LogP contribution in [0.3, 0.4) is 0 Å². The minimum absolute atomic E-state index is 0.0576. The highest BCUT2D eigenvalue weighted by Gasteiger charge is 2.39. The lowest BCUT2D eigenvalue weighted by Gasteiger charge is -2.24. The maximum Gasteiger partial charge on any atom is 0.129 e. The van der Waals surface area contributed by atoms with Crippen LogP contribution in [0.1, 0.15) is 41.6 Å². The van der Waals surface area contributed by atoms with Gasteiger partial charge in [0.2, 0.25) is 0 Å². The second-order valence-corrected chi connectivity index (χ2v) is 8.63. The molecule has 168 valence electrons. The van der Waals surface area contributed by atoms with Crippen molar-refractivity contribution in [3.8, 4) is 11.3 Å². The molecule has 3 nitrogen and oxygen atoms in total. The highest BCUT2D eigenvalue weighted by Crippen LogP contribution is 2.43. The van der Waals surface area contributed by atoms with Gasteiger partial charge in [0.25, 0.3) is 0 Å². The van der Waals surface area contributed by atoms with Gasteiger partial charge in [-0.05, 0) is 54.4 Å². The SMILES string of the molecule is CC(c1ccccc1)N1C[C@@H](c2cc(-c3ccc(F)cc3)n[nH]2)[C@H](c2ccc(F)cc2F)C1. The Labute approximate surface area is 190 Å². The summed E-state index contributed by atoms with van der Waals surface area (Å²) in [7, 11) is 0. The predicted octanol–water partition coefficient (Wildman–Crippen LogP) is 6.44. The molecule has 1 fully saturated rings. The molecule has 3 atom stereocenters. The summed E-state index contributed by atoms with van der Waals surface area (Å²) in [5, 5.41) is 7.56. The molecule has 0 saturated carbocycles. The fourth-order valence-electron chi connectivity index (χ4n) is 4.82. The number of aromatic nitrogens is 2. The van der Waals surface area contributed by atoms with Crippen LogP contribution in [-0.4, -0.2) is 28.2 Å². The van der Waals surface area contributed by atoms with Gasteiger partial charge in [-0.1, -0.05) is 36.4 Å². The van der Waals surface area contributed by atoms with Crippen molar-refractivity contribution in [3.05, 3.63) is 113 Å². The lowest BCUT2D eigenvalue weighted by atomic mass is 9.86. The van der Waals surface area contributed by atoms with E-state index in [1.165, 1.54) is 23.8 Å². The van der Waals surface area contributed by atoms with Crippen LogP contribution in [0.5, 0.6) is 0 Å². The standard InChI is InChI=1S/C27H24F3N3/c1-17(18-5-3-2-4-6-18)33-15-23(22-12-11-21(29)13-25(22)30)24(16-33)27-14-26(31-32-27)19-7-9-20(28)10-8-19/h2-14,17,23-24H,15-16H2,1H3,(H,31,32)/t17?,23-,24+/m0/s1. The summed E-state index contributed by atoms with van der Waals surface area (Å²) in [6.07, 6.45) is 0. The van der Waals surface area contributed by atoms with E-state index < -0.39 is 11.6 Å². The van der Waals surface area contributed by atoms with Crippen molar-refractivity contribution >= 4 is 0 Å². The van der Waals surface area contributed by atoms with Crippen LogP contribution in [0.15, 0.2) is 78.9 Å². The quantitative estimate of drug-likeness (QED) is 0.382. The zero-order valence-electron chi connectivity index (χ0n) is 18.2. The summed E-state index contributed by atoms with van der Waals surface area (Å²) in [5.41, 5.74) is 4.08. The molecule has 0 spiro atoms. The van der Waals surface area contributed by atoms with Gasteiger partial charge in [0.05, 0.1) is 5.69 Å². The van der Waals surface area contributed by atoms with Crippen molar-refractivity contribution in [1.29, 1.82) is 0 Å². The first-order chi connectivity index (χ1) is 16.0. The number of rotatable bonds is 5. The highest BCUT2D eigenvalue weighted by atomic mass is 19.1. The van der Waals surface area contributed by atoms with Gasteiger partial charge in [0, 0.05) is 48.3 Å². The largest absolute Gasteiger partial charge is 0.295 e. The Kier molecular flexibility index (Phi) is 5.77. The van der Waals surface area contributed by atoms with E-state index in [4.69, 9.17) is 0 Å². The Hall–Kier alpha value is -3.38. The van der Waals surface area contributed by atoms with E-state index in [1.54, 1.807) is 18.2 Å². The van der Waals surface area contributed by atoms with Crippen molar-refractivity contribution < 1.29 is 13.2 Å². The van der Waals surface area contributed by atoms with Crippen molar-refractivity contribution in [3.63, 3.8) is 0 Å². The van der Waals surface area contributed by atoms with Crippen molar-refractivity contribution in [2.24, 2.45) is 0 Å². The molecule has 1 saturated heterocycles. The molecule has 4 aromatic rings. The van der Waals surface area contributed by atoms with Crippen LogP contribution >= 0.6 is 0 Å². The van der Waals surface area contributed by atoms with Gasteiger partial charge < -0.3 is 0 Å². The van der Waals surface area contributed by atoms with E-state index in [9.17, 15) is 13.2 Å². The van der Waals surface area contributed by atoms with E-state index in [2.05, 4.69) is 34.2 Å². The molecule has 0 radical (unpaired) electrons. The molecule has 5 rings (SSSR count). The third kappa shape index (κ3) is 4.31. The van der Waals surface area contributed by atoms with Gasteiger partial charge in [-0.15, -0.1) is 0 Å². The number of halogens is 3. The maximum absolute atomic E-state index is 14.8. The number of hydrogen-bond acceptors (Lipinski definition) is 2. The third-order valence-corrected chi connectivity index (χ3v) is 6.68. The average Bonchev–Trinajstić information content (AvgIpc) is 3.47. The highest BCUT2D eigenvalue weighted by molar-refractivity contribution is 5.59. The molecule has 1 aromatic heterocycles. The molecule has 0 amide bonds. The number of hydrogen-bond donors (Lipinski definition) is 1. The number of nitrogens with zero attached hydrogens (tertiary/aromatic N) is 2. The van der Waals surface area contributed by atoms with Crippen LogP contribution in [-0.2, 0) is 0 Å². The minimum atomic E-state index is -0.583. The molecule has 0 aliphatic carbocycles. The number of likely N-dealkylation sites (tertiary alicyclic amines) is 1. The van der Waals surface area contributed by atoms with Gasteiger partial charge in [-0.25, -0.2) is 13.2 Å². The van der Waals surface area contributed by atoms with Crippen molar-refractivity contribution in [2.75, 3.05) is 13.1 Å². The number of benzene rings is 3. The Morgan fingerprint density at radius 2 is 1.55 bits per heavy atom. The summed E-state index contributed by atoms with van der Waals surface area (Å²) >= 11 is 0. The fraction of sp³-hybridized carbons (Fsp3) is 0.222. The molecule has 6 heteroatoms. The first kappa shape index (κ1) is 21.5. The molecule has 1 N–H and O–H groups in total. The van der Waals surface area contributed by atoms with Crippen LogP contribution < -0.4 is 0 Å². The Morgan fingerprint density at radius 1 is 0.848 bits per heavy atom. The van der Waals surface area contributed by atoms with Gasteiger partial charge in [-0.2, -0.15) is 5.10 Å². The number of nitrogens with one attached hydrogen (secondary N) is 1. The van der Waals surface area contributed by atoms with E-state index in [0.717, 1.165) is 17.3 Å². The summed E-state index contributed by atoms with van der Waals surface area (Å²) in [6, 6.07) is 22.3. The van der Waals surface area contributed by atoms with Crippen LogP contribution in [0.2, 0.25) is 0 Å². The molecular weight excluding hydrogens is 423 g/mol. The smallest absolute Gasteiger partial charge is 0.129 e. The predicted molar refractivity (Wildman–Crippen MR) is 122 cm³/mol. The summed E-state index contributed by atoms with van der Waals surface area (Å²) in [5.74, 6) is -1.64. The number of H-pyrrole nitrogens is 1. The van der Waals surface area contributed by atoms with Crippen molar-refractivity contribution in [1.82, 2.24) is 15.1 Å². The first-order valence-electron chi connectivity index (χ1n) is 11.0. The summed E-state index contributed by atoms with van der Waals surface area (Å²) < 4.78 is 41.8. The molecule has 2 heterocycles. The molecular formula is C27H24F3N3. The zero-order chi connectivity index (χ0) is 22.9. The molecule has 1 aliphatic heterocycles. The third-order valence-electron chi connectivity index (χ3n) is 6.68. The van der Waals surface area contributed by atoms with E-state index >= 15 is 0 Å². The van der Waals surface area contributed by atoms with Crippen LogP contribution in [0.4, 0.5) is 13.2 Å². The van der Waals surface area contributed by atoms with Crippen LogP contribution in [0, 0.1) is 17.5 Å². The Bertz CT molecular complexity index is 1240. The fourth-order valence-corrected chi connectivity index (χ4v) is 4.82. The second kappa shape index (κ2) is 8.87. The topological polar surface area (TPSA) is 31.9 Å². The van der Waals surface area contributed by atoms with Gasteiger partial charge >= 0.3 is 0 Å². The van der Waals surface area contributed by atoms with E-state index in [1.807, 2.05) is 24.3 Å². The monoisotopic (exact) mass is 447 g/mol. The number of aromatic amines is 1. The summed E-state index contributed by atoms with van der Waals surface area (Å²) in [6.45, 7) is 3.48. The minimum Gasteiger partial charge on any atom is -0.295 e. The van der Waals surface area contributed by atoms with Gasteiger partial charge in [0.15, 0.2) is 0 Å². The lowest BCUT2D eigenvalue weighted by Crippen LogP contribution is -2.24. The molecule has 1 unspecified atom stereocenters. The molecule has 0 bridgehead atoms. The van der Waals surface area contributed by atoms with Crippen molar-refractivity contribution in [2.45, 2.75) is 24.8 Å². The lowest BCUT2D eigenvalue weighted by molar-refractivity contribution is 0.256. The second-order valence-electron chi connectivity index (χ2n) is 8.63. The Morgan fingerprint density at radius 3 is 2.27 bits per heavy atom. The van der Waals surface area contributed by atoms with E-state index in [0.29, 0.717) is 24.3 Å². The maximum atomic E-state index is 14.8. The molecule has 33 heavy (non-hydrogen) atoms. The van der Waals surface area contributed by atoms with Crippen LogP contribution in [0.25, 0.3) is 11.3 Å². The zero-order valence-corrected chi connectivity index (χ0v) is 18.2. The molecule has 1 aliphatic rings. The normalized spacial score (nSPS) is 19.6. The first-order valence-corrected chi connectivity index (χ1v) is 11.0.